The van der Waals surface area contributed by atoms with Gasteiger partial charge >= 0.3 is 0 Å². The summed E-state index contributed by atoms with van der Waals surface area (Å²) < 4.78 is 0. The van der Waals surface area contributed by atoms with Crippen LogP contribution in [0.5, 0.6) is 0 Å². The predicted octanol–water partition coefficient (Wildman–Crippen LogP) is 3.84. The summed E-state index contributed by atoms with van der Waals surface area (Å²) in [7, 11) is 0. The molecule has 1 N–H and O–H groups in total. The highest BCUT2D eigenvalue weighted by molar-refractivity contribution is 4.93. The van der Waals surface area contributed by atoms with Crippen molar-refractivity contribution in [3.05, 3.63) is 0 Å². The molecule has 0 aromatic rings. The van der Waals surface area contributed by atoms with Crippen LogP contribution in [-0.4, -0.2) is 12.6 Å². The molecule has 1 nitrogen and oxygen atoms in total. The monoisotopic (exact) mass is 235 g/mol. The Morgan fingerprint density at radius 3 is 2.35 bits per heavy atom. The van der Waals surface area contributed by atoms with Gasteiger partial charge in [-0.15, -0.1) is 0 Å². The fourth-order valence-corrected chi connectivity index (χ4v) is 3.87. The molecule has 3 aliphatic rings. The van der Waals surface area contributed by atoms with E-state index in [1.165, 1.54) is 45.1 Å². The lowest BCUT2D eigenvalue weighted by Crippen LogP contribution is -2.36. The molecule has 0 spiro atoms. The minimum Gasteiger partial charge on any atom is -0.314 e. The van der Waals surface area contributed by atoms with Crippen molar-refractivity contribution in [3.8, 4) is 0 Å². The van der Waals surface area contributed by atoms with Crippen LogP contribution in [-0.2, 0) is 0 Å². The highest BCUT2D eigenvalue weighted by atomic mass is 14.9. The van der Waals surface area contributed by atoms with Crippen LogP contribution in [0.25, 0.3) is 0 Å². The third kappa shape index (κ3) is 3.05. The van der Waals surface area contributed by atoms with Crippen LogP contribution in [0.2, 0.25) is 0 Å². The van der Waals surface area contributed by atoms with Gasteiger partial charge in [-0.05, 0) is 81.1 Å². The van der Waals surface area contributed by atoms with E-state index in [1.807, 2.05) is 0 Å². The Balaban J connectivity index is 1.54. The van der Waals surface area contributed by atoms with Crippen LogP contribution < -0.4 is 5.32 Å². The normalized spacial score (nSPS) is 38.6. The third-order valence-electron chi connectivity index (χ3n) is 5.51. The first kappa shape index (κ1) is 12.0. The molecule has 3 saturated carbocycles. The number of hydrogen-bond acceptors (Lipinski definition) is 1. The summed E-state index contributed by atoms with van der Waals surface area (Å²) >= 11 is 0. The molecule has 98 valence electrons. The van der Waals surface area contributed by atoms with Crippen molar-refractivity contribution in [2.75, 3.05) is 6.54 Å². The maximum Gasteiger partial charge on any atom is 0.00683 e. The van der Waals surface area contributed by atoms with Crippen molar-refractivity contribution < 1.29 is 0 Å². The smallest absolute Gasteiger partial charge is 0.00683 e. The van der Waals surface area contributed by atoms with Gasteiger partial charge in [0.25, 0.3) is 0 Å². The van der Waals surface area contributed by atoms with Gasteiger partial charge in [0, 0.05) is 6.04 Å². The number of hydrogen-bond donors (Lipinski definition) is 1. The molecule has 1 heteroatoms. The second-order valence-corrected chi connectivity index (χ2v) is 7.26. The van der Waals surface area contributed by atoms with Crippen molar-refractivity contribution in [1.82, 2.24) is 5.32 Å². The molecular weight excluding hydrogens is 206 g/mol. The highest BCUT2D eigenvalue weighted by Crippen LogP contribution is 2.49. The summed E-state index contributed by atoms with van der Waals surface area (Å²) in [5.41, 5.74) is 0. The van der Waals surface area contributed by atoms with Crippen LogP contribution in [0.4, 0.5) is 0 Å². The molecule has 3 aliphatic carbocycles. The minimum atomic E-state index is 0.901. The van der Waals surface area contributed by atoms with E-state index in [0.717, 1.165) is 35.6 Å². The van der Waals surface area contributed by atoms with Crippen LogP contribution in [0, 0.1) is 29.6 Å². The van der Waals surface area contributed by atoms with Crippen LogP contribution in [0.3, 0.4) is 0 Å². The van der Waals surface area contributed by atoms with Crippen molar-refractivity contribution in [1.29, 1.82) is 0 Å². The van der Waals surface area contributed by atoms with E-state index in [-0.39, 0.29) is 0 Å². The second-order valence-electron chi connectivity index (χ2n) is 7.26. The van der Waals surface area contributed by atoms with E-state index >= 15 is 0 Å². The first-order chi connectivity index (χ1) is 8.24. The Kier molecular flexibility index (Phi) is 3.47. The van der Waals surface area contributed by atoms with Gasteiger partial charge < -0.3 is 5.32 Å². The van der Waals surface area contributed by atoms with Crippen LogP contribution >= 0.6 is 0 Å². The molecule has 0 aromatic heterocycles. The summed E-state index contributed by atoms with van der Waals surface area (Å²) in [6, 6.07) is 0.901. The molecule has 3 rings (SSSR count). The lowest BCUT2D eigenvalue weighted by atomic mass is 9.69. The van der Waals surface area contributed by atoms with Gasteiger partial charge in [0.05, 0.1) is 0 Å². The van der Waals surface area contributed by atoms with E-state index in [4.69, 9.17) is 0 Å². The molecule has 3 atom stereocenters. The zero-order valence-corrected chi connectivity index (χ0v) is 11.6. The van der Waals surface area contributed by atoms with Gasteiger partial charge in [-0.25, -0.2) is 0 Å². The van der Waals surface area contributed by atoms with Gasteiger partial charge in [-0.3, -0.25) is 0 Å². The summed E-state index contributed by atoms with van der Waals surface area (Å²) in [5.74, 6) is 5.13. The van der Waals surface area contributed by atoms with Crippen molar-refractivity contribution in [2.24, 2.45) is 29.6 Å². The van der Waals surface area contributed by atoms with Gasteiger partial charge in [-0.2, -0.15) is 0 Å². The fraction of sp³-hybridized carbons (Fsp3) is 1.00. The molecule has 0 aliphatic heterocycles. The van der Waals surface area contributed by atoms with Gasteiger partial charge in [-0.1, -0.05) is 13.8 Å². The van der Waals surface area contributed by atoms with Crippen molar-refractivity contribution in [2.45, 2.75) is 64.8 Å². The van der Waals surface area contributed by atoms with E-state index in [2.05, 4.69) is 19.2 Å². The average Bonchev–Trinajstić information content (AvgIpc) is 3.16. The molecule has 0 heterocycles. The molecule has 0 radical (unpaired) electrons. The Morgan fingerprint density at radius 1 is 1.00 bits per heavy atom. The first-order valence-electron chi connectivity index (χ1n) is 7.97. The van der Waals surface area contributed by atoms with Gasteiger partial charge in [0.15, 0.2) is 0 Å². The van der Waals surface area contributed by atoms with Crippen LogP contribution in [0.1, 0.15) is 58.8 Å². The topological polar surface area (TPSA) is 12.0 Å². The molecule has 3 unspecified atom stereocenters. The van der Waals surface area contributed by atoms with E-state index in [1.54, 1.807) is 6.42 Å². The van der Waals surface area contributed by atoms with E-state index < -0.39 is 0 Å². The summed E-state index contributed by atoms with van der Waals surface area (Å²) in [4.78, 5) is 0. The lowest BCUT2D eigenvalue weighted by molar-refractivity contribution is 0.128. The summed E-state index contributed by atoms with van der Waals surface area (Å²) in [5, 5.41) is 3.78. The van der Waals surface area contributed by atoms with Crippen LogP contribution in [0.15, 0.2) is 0 Å². The van der Waals surface area contributed by atoms with Gasteiger partial charge in [0.2, 0.25) is 0 Å². The SMILES string of the molecule is CC(C)C1CCC(CNC2CC2)C(C2CC2)C1. The maximum absolute atomic E-state index is 3.78. The molecule has 17 heavy (non-hydrogen) atoms. The standard InChI is InChI=1S/C16H29N/c1-11(2)13-5-6-14(10-17-15-7-8-15)16(9-13)12-3-4-12/h11-17H,3-10H2,1-2H3. The summed E-state index contributed by atoms with van der Waals surface area (Å²) in [6.45, 7) is 6.19. The first-order valence-corrected chi connectivity index (χ1v) is 7.97. The summed E-state index contributed by atoms with van der Waals surface area (Å²) in [6.07, 6.45) is 10.5. The molecule has 0 aromatic carbocycles. The molecule has 0 saturated heterocycles. The Bertz CT molecular complexity index is 252. The van der Waals surface area contributed by atoms with E-state index in [9.17, 15) is 0 Å². The molecule has 0 amide bonds. The Hall–Kier alpha value is -0.0400. The van der Waals surface area contributed by atoms with Gasteiger partial charge in [0.1, 0.15) is 0 Å². The predicted molar refractivity (Wildman–Crippen MR) is 72.9 cm³/mol. The number of nitrogens with one attached hydrogen (secondary N) is 1. The minimum absolute atomic E-state index is 0.901. The molecular formula is C16H29N. The van der Waals surface area contributed by atoms with E-state index in [0.29, 0.717) is 0 Å². The largest absolute Gasteiger partial charge is 0.314 e. The lowest BCUT2D eigenvalue weighted by Gasteiger charge is -2.38. The molecule has 0 bridgehead atoms. The highest BCUT2D eigenvalue weighted by Gasteiger charge is 2.41. The van der Waals surface area contributed by atoms with Crippen molar-refractivity contribution >= 4 is 0 Å². The molecule has 3 fully saturated rings. The zero-order chi connectivity index (χ0) is 11.8. The van der Waals surface area contributed by atoms with Crippen molar-refractivity contribution in [3.63, 3.8) is 0 Å². The third-order valence-corrected chi connectivity index (χ3v) is 5.51. The second kappa shape index (κ2) is 4.91. The fourth-order valence-electron chi connectivity index (χ4n) is 3.87. The quantitative estimate of drug-likeness (QED) is 0.763. The Morgan fingerprint density at radius 2 is 1.76 bits per heavy atom. The Labute approximate surface area is 107 Å². The average molecular weight is 235 g/mol. The zero-order valence-electron chi connectivity index (χ0n) is 11.6. The number of rotatable bonds is 5. The maximum atomic E-state index is 3.78.